The zero-order chi connectivity index (χ0) is 34.1. The van der Waals surface area contributed by atoms with Gasteiger partial charge in [0.05, 0.1) is 6.33 Å². The maximum Gasteiger partial charge on any atom is 0.105 e. The van der Waals surface area contributed by atoms with E-state index in [4.69, 9.17) is 0 Å². The second-order valence-electron chi connectivity index (χ2n) is 16.1. The topological polar surface area (TPSA) is 64.3 Å². The Morgan fingerprint density at radius 1 is 0.727 bits per heavy atom. The second kappa shape index (κ2) is 15.7. The minimum Gasteiger partial charge on any atom is -0.348 e. The molecule has 44 heavy (non-hydrogen) atoms. The van der Waals surface area contributed by atoms with E-state index in [-0.39, 0.29) is 21.7 Å². The van der Waals surface area contributed by atoms with Gasteiger partial charge in [0.15, 0.2) is 0 Å². The van der Waals surface area contributed by atoms with Gasteiger partial charge in [-0.05, 0) is 49.9 Å². The molecule has 0 fully saturated rings. The molecule has 0 spiro atoms. The van der Waals surface area contributed by atoms with E-state index in [0.717, 1.165) is 17.9 Å². The standard InChI is InChI=1S/C11H19N.C10H15N.C9H16N2.C8H14N2/c1-9(2)12-8-6-7-10(12)11(3,4)5;1-8-5-6-9(7-11-8)10(2,3)4;1-5-8-10-6-7(11-8)9(2,3)4;1-8(2,3)7-5-9-6-10(7)4/h6-9H,1-5H3;5-7H,1-4H3;6H,5H2,1-4H3,(H,10,11);5-6H,1-4H3. The Balaban J connectivity index is 0.000000294. The minimum atomic E-state index is 0.195. The third-order valence-electron chi connectivity index (χ3n) is 7.24. The van der Waals surface area contributed by atoms with Crippen LogP contribution in [0.4, 0.5) is 0 Å². The number of nitrogens with one attached hydrogen (secondary N) is 1. The van der Waals surface area contributed by atoms with E-state index >= 15 is 0 Å². The number of imidazole rings is 2. The summed E-state index contributed by atoms with van der Waals surface area (Å²) in [6.45, 7) is 35.0. The number of aryl methyl sites for hydroxylation is 3. The first-order chi connectivity index (χ1) is 20.0. The lowest BCUT2D eigenvalue weighted by atomic mass is 9.88. The summed E-state index contributed by atoms with van der Waals surface area (Å²) >= 11 is 0. The van der Waals surface area contributed by atoms with Gasteiger partial charge in [-0.2, -0.15) is 0 Å². The summed E-state index contributed by atoms with van der Waals surface area (Å²) in [7, 11) is 2.02. The van der Waals surface area contributed by atoms with E-state index < -0.39 is 0 Å². The van der Waals surface area contributed by atoms with E-state index in [1.807, 2.05) is 38.9 Å². The largest absolute Gasteiger partial charge is 0.348 e. The van der Waals surface area contributed by atoms with Crippen LogP contribution >= 0.6 is 0 Å². The van der Waals surface area contributed by atoms with Gasteiger partial charge in [-0.1, -0.05) is 96.1 Å². The average Bonchev–Trinajstić information content (AvgIpc) is 3.64. The number of hydrogen-bond acceptors (Lipinski definition) is 3. The predicted octanol–water partition coefficient (Wildman–Crippen LogP) is 10.0. The Morgan fingerprint density at radius 3 is 1.61 bits per heavy atom. The highest BCUT2D eigenvalue weighted by Crippen LogP contribution is 2.25. The molecule has 0 aromatic carbocycles. The number of hydrogen-bond donors (Lipinski definition) is 1. The first-order valence-electron chi connectivity index (χ1n) is 16.1. The van der Waals surface area contributed by atoms with Gasteiger partial charge in [-0.15, -0.1) is 0 Å². The molecule has 6 heteroatoms. The maximum atomic E-state index is 4.25. The van der Waals surface area contributed by atoms with Crippen LogP contribution in [0.5, 0.6) is 0 Å². The molecule has 4 heterocycles. The van der Waals surface area contributed by atoms with Crippen LogP contribution in [0, 0.1) is 6.92 Å². The Bertz CT molecular complexity index is 1350. The molecule has 0 bridgehead atoms. The number of aromatic amines is 1. The molecule has 0 aliphatic carbocycles. The van der Waals surface area contributed by atoms with Crippen LogP contribution in [0.25, 0.3) is 0 Å². The number of H-pyrrole nitrogens is 1. The molecule has 0 atom stereocenters. The lowest BCUT2D eigenvalue weighted by molar-refractivity contribution is 0.485. The normalized spacial score (nSPS) is 12.0. The van der Waals surface area contributed by atoms with E-state index in [0.29, 0.717) is 6.04 Å². The van der Waals surface area contributed by atoms with Crippen molar-refractivity contribution < 1.29 is 0 Å². The molecule has 4 aromatic rings. The van der Waals surface area contributed by atoms with Crippen molar-refractivity contribution in [2.45, 2.75) is 145 Å². The molecule has 4 rings (SSSR count). The zero-order valence-electron chi connectivity index (χ0n) is 31.2. The van der Waals surface area contributed by atoms with Crippen LogP contribution in [-0.2, 0) is 35.1 Å². The summed E-state index contributed by atoms with van der Waals surface area (Å²) in [6, 6.07) is 9.10. The van der Waals surface area contributed by atoms with Gasteiger partial charge in [-0.25, -0.2) is 9.97 Å². The fourth-order valence-corrected chi connectivity index (χ4v) is 4.40. The molecule has 4 aromatic heterocycles. The smallest absolute Gasteiger partial charge is 0.105 e. The summed E-state index contributed by atoms with van der Waals surface area (Å²) in [6.07, 6.45) is 10.8. The van der Waals surface area contributed by atoms with Gasteiger partial charge in [0.25, 0.3) is 0 Å². The third-order valence-corrected chi connectivity index (χ3v) is 7.24. The lowest BCUT2D eigenvalue weighted by Crippen LogP contribution is -2.18. The van der Waals surface area contributed by atoms with Crippen LogP contribution < -0.4 is 0 Å². The van der Waals surface area contributed by atoms with Crippen molar-refractivity contribution in [1.29, 1.82) is 0 Å². The predicted molar refractivity (Wildman–Crippen MR) is 190 cm³/mol. The highest BCUT2D eigenvalue weighted by atomic mass is 15.0. The highest BCUT2D eigenvalue weighted by Gasteiger charge is 2.19. The molecule has 0 aliphatic heterocycles. The number of aromatic nitrogens is 6. The summed E-state index contributed by atoms with van der Waals surface area (Å²) in [5.41, 5.74) is 7.17. The fourth-order valence-electron chi connectivity index (χ4n) is 4.40. The first kappa shape index (κ1) is 38.9. The van der Waals surface area contributed by atoms with Crippen LogP contribution in [0.15, 0.2) is 55.4 Å². The van der Waals surface area contributed by atoms with Crippen LogP contribution in [-0.4, -0.2) is 29.1 Å². The monoisotopic (exact) mass is 605 g/mol. The van der Waals surface area contributed by atoms with Crippen molar-refractivity contribution in [3.05, 3.63) is 89.5 Å². The molecule has 0 aliphatic rings. The van der Waals surface area contributed by atoms with Crippen molar-refractivity contribution in [2.75, 3.05) is 0 Å². The van der Waals surface area contributed by atoms with Crippen molar-refractivity contribution in [3.63, 3.8) is 0 Å². The van der Waals surface area contributed by atoms with E-state index in [1.165, 1.54) is 22.6 Å². The van der Waals surface area contributed by atoms with Gasteiger partial charge in [-0.3, -0.25) is 4.98 Å². The summed E-state index contributed by atoms with van der Waals surface area (Å²) < 4.78 is 4.39. The van der Waals surface area contributed by atoms with E-state index in [9.17, 15) is 0 Å². The van der Waals surface area contributed by atoms with Crippen LogP contribution in [0.3, 0.4) is 0 Å². The van der Waals surface area contributed by atoms with E-state index in [1.54, 1.807) is 0 Å². The summed E-state index contributed by atoms with van der Waals surface area (Å²) in [5, 5.41) is 0. The van der Waals surface area contributed by atoms with Gasteiger partial charge in [0.2, 0.25) is 0 Å². The van der Waals surface area contributed by atoms with Crippen molar-refractivity contribution in [2.24, 2.45) is 7.05 Å². The molecular weight excluding hydrogens is 540 g/mol. The van der Waals surface area contributed by atoms with Crippen LogP contribution in [0.2, 0.25) is 0 Å². The van der Waals surface area contributed by atoms with E-state index in [2.05, 4.69) is 163 Å². The number of nitrogens with zero attached hydrogens (tertiary/aromatic N) is 5. The fraction of sp³-hybridized carbons (Fsp3) is 0.605. The molecule has 1 N–H and O–H groups in total. The summed E-state index contributed by atoms with van der Waals surface area (Å²) in [4.78, 5) is 15.8. The zero-order valence-corrected chi connectivity index (χ0v) is 31.2. The van der Waals surface area contributed by atoms with Gasteiger partial charge < -0.3 is 14.1 Å². The quantitative estimate of drug-likeness (QED) is 0.248. The minimum absolute atomic E-state index is 0.195. The highest BCUT2D eigenvalue weighted by molar-refractivity contribution is 5.20. The molecule has 0 radical (unpaired) electrons. The second-order valence-corrected chi connectivity index (χ2v) is 16.1. The van der Waals surface area contributed by atoms with Crippen LogP contribution in [0.1, 0.15) is 144 Å². The maximum absolute atomic E-state index is 4.25. The van der Waals surface area contributed by atoms with Crippen molar-refractivity contribution in [3.8, 4) is 0 Å². The van der Waals surface area contributed by atoms with Crippen molar-refractivity contribution in [1.82, 2.24) is 29.1 Å². The molecule has 0 unspecified atom stereocenters. The van der Waals surface area contributed by atoms with Gasteiger partial charge >= 0.3 is 0 Å². The average molecular weight is 605 g/mol. The molecule has 0 amide bonds. The summed E-state index contributed by atoms with van der Waals surface area (Å²) in [5.74, 6) is 1.08. The van der Waals surface area contributed by atoms with Crippen molar-refractivity contribution >= 4 is 0 Å². The molecule has 0 saturated heterocycles. The molecule has 246 valence electrons. The lowest BCUT2D eigenvalue weighted by Gasteiger charge is -2.23. The number of rotatable bonds is 2. The Hall–Kier alpha value is -3.15. The third kappa shape index (κ3) is 12.8. The van der Waals surface area contributed by atoms with Gasteiger partial charge in [0, 0.05) is 83.3 Å². The Morgan fingerprint density at radius 2 is 1.32 bits per heavy atom. The van der Waals surface area contributed by atoms with Gasteiger partial charge in [0.1, 0.15) is 5.82 Å². The Kier molecular flexibility index (Phi) is 13.9. The molecule has 6 nitrogen and oxygen atoms in total. The first-order valence-corrected chi connectivity index (χ1v) is 16.1. The molecule has 0 saturated carbocycles. The SMILES string of the molecule is CC(C)n1cccc1C(C)(C)C.CCc1ncc(C(C)(C)C)[nH]1.Cc1ccc(C(C)(C)C)cn1.Cn1cncc1C(C)(C)C. The number of pyridine rings is 1. The molecular formula is C38H64N6. The Labute approximate surface area is 270 Å².